The molecule has 51 heavy (non-hydrogen) atoms. The summed E-state index contributed by atoms with van der Waals surface area (Å²) in [4.78, 5) is 56.6. The Morgan fingerprint density at radius 3 is 2.41 bits per heavy atom. The Hall–Kier alpha value is -6.28. The fourth-order valence-corrected chi connectivity index (χ4v) is 7.01. The fourth-order valence-electron chi connectivity index (χ4n) is 7.01. The molecule has 14 heteroatoms. The van der Waals surface area contributed by atoms with Gasteiger partial charge in [0.15, 0.2) is 0 Å². The van der Waals surface area contributed by atoms with Gasteiger partial charge in [-0.15, -0.1) is 0 Å². The maximum atomic E-state index is 14.5. The van der Waals surface area contributed by atoms with E-state index < -0.39 is 23.2 Å². The van der Waals surface area contributed by atoms with E-state index in [1.807, 2.05) is 48.5 Å². The predicted octanol–water partition coefficient (Wildman–Crippen LogP) is 3.88. The highest BCUT2D eigenvalue weighted by Gasteiger charge is 2.50. The Balaban J connectivity index is 1.24. The van der Waals surface area contributed by atoms with Crippen LogP contribution in [0.15, 0.2) is 103 Å². The number of rotatable bonds is 9. The molecule has 7 rings (SSSR count). The number of phenolic OH excluding ortho intramolecular Hbond substituents is 1. The fraction of sp³-hybridized carbons (Fsp3) is 0.243. The average molecular weight is 689 g/mol. The predicted molar refractivity (Wildman–Crippen MR) is 187 cm³/mol. The molecule has 2 fully saturated rings. The van der Waals surface area contributed by atoms with Gasteiger partial charge in [-0.2, -0.15) is 5.10 Å². The van der Waals surface area contributed by atoms with Crippen molar-refractivity contribution in [3.05, 3.63) is 136 Å². The third kappa shape index (κ3) is 6.68. The smallest absolute Gasteiger partial charge is 0.334 e. The molecule has 3 heterocycles. The van der Waals surface area contributed by atoms with E-state index in [-0.39, 0.29) is 62.4 Å². The lowest BCUT2D eigenvalue weighted by atomic mass is 9.98. The lowest BCUT2D eigenvalue weighted by molar-refractivity contribution is -0.385. The second-order valence-corrected chi connectivity index (χ2v) is 12.7. The summed E-state index contributed by atoms with van der Waals surface area (Å²) in [7, 11) is 1.68. The number of carbonyl (C=O) groups excluding carboxylic acids is 3. The Bertz CT molecular complexity index is 2100. The number of carbonyl (C=O) groups is 3. The molecular formula is C37H36N8O6. The second-order valence-electron chi connectivity index (χ2n) is 12.7. The van der Waals surface area contributed by atoms with Crippen molar-refractivity contribution >= 4 is 34.4 Å². The van der Waals surface area contributed by atoms with Crippen molar-refractivity contribution in [2.75, 3.05) is 20.1 Å². The van der Waals surface area contributed by atoms with Crippen LogP contribution in [0.3, 0.4) is 0 Å². The van der Waals surface area contributed by atoms with Gasteiger partial charge in [0.05, 0.1) is 41.8 Å². The Morgan fingerprint density at radius 2 is 1.65 bits per heavy atom. The number of aromatic hydroxyl groups is 1. The number of hydrogen-bond acceptors (Lipinski definition) is 8. The lowest BCUT2D eigenvalue weighted by Crippen LogP contribution is -2.76. The largest absolute Gasteiger partial charge is 0.508 e. The van der Waals surface area contributed by atoms with Crippen molar-refractivity contribution in [2.45, 2.75) is 38.3 Å². The van der Waals surface area contributed by atoms with Crippen LogP contribution < -0.4 is 5.32 Å². The molecule has 14 nitrogen and oxygen atoms in total. The number of phenols is 1. The molecule has 0 radical (unpaired) electrons. The molecular weight excluding hydrogens is 652 g/mol. The molecule has 2 saturated heterocycles. The third-order valence-electron chi connectivity index (χ3n) is 9.41. The van der Waals surface area contributed by atoms with Crippen LogP contribution in [-0.4, -0.2) is 89.8 Å². The number of fused-ring (bicyclic) bond motifs is 2. The van der Waals surface area contributed by atoms with Crippen LogP contribution >= 0.6 is 0 Å². The highest BCUT2D eigenvalue weighted by atomic mass is 16.6. The first-order valence-electron chi connectivity index (χ1n) is 16.5. The third-order valence-corrected chi connectivity index (χ3v) is 9.41. The maximum absolute atomic E-state index is 14.5. The summed E-state index contributed by atoms with van der Waals surface area (Å²) in [6, 6.07) is 26.8. The summed E-state index contributed by atoms with van der Waals surface area (Å²) in [5, 5.41) is 33.1. The van der Waals surface area contributed by atoms with Crippen LogP contribution in [0.2, 0.25) is 0 Å². The standard InChI is InChI=1S/C37H36N8O6/c1-40-24-34(47)43-32(18-25-14-16-30(46)17-15-25)36(48)41(23-33(43)44(40)37(49)38-19-26-8-3-2-4-9-26)21-29-12-7-11-27-20-39-42(35(27)29)22-28-10-5-6-13-31(28)45(50)51/h2-17,20,32-33,46H,18-19,21-24H2,1H3,(H,38,49)/t32-,33-/m0/s1. The monoisotopic (exact) mass is 688 g/mol. The van der Waals surface area contributed by atoms with Crippen LogP contribution in [0.5, 0.6) is 5.75 Å². The molecule has 2 aliphatic heterocycles. The second kappa shape index (κ2) is 13.9. The van der Waals surface area contributed by atoms with Gasteiger partial charge in [0.1, 0.15) is 18.0 Å². The van der Waals surface area contributed by atoms with Crippen LogP contribution in [-0.2, 0) is 35.6 Å². The molecule has 2 aliphatic rings. The van der Waals surface area contributed by atoms with Crippen molar-refractivity contribution in [3.8, 4) is 5.75 Å². The summed E-state index contributed by atoms with van der Waals surface area (Å²) < 4.78 is 1.70. The molecule has 4 aromatic carbocycles. The minimum atomic E-state index is -0.935. The molecule has 0 saturated carbocycles. The molecule has 0 bridgehead atoms. The minimum Gasteiger partial charge on any atom is -0.508 e. The van der Waals surface area contributed by atoms with Gasteiger partial charge in [-0.3, -0.25) is 24.4 Å². The highest BCUT2D eigenvalue weighted by molar-refractivity contribution is 5.92. The zero-order valence-corrected chi connectivity index (χ0v) is 27.8. The van der Waals surface area contributed by atoms with Crippen LogP contribution in [0.1, 0.15) is 22.3 Å². The number of nitrogens with zero attached hydrogens (tertiary/aromatic N) is 7. The molecule has 5 aromatic rings. The molecule has 0 aliphatic carbocycles. The van der Waals surface area contributed by atoms with E-state index in [9.17, 15) is 29.6 Å². The first-order chi connectivity index (χ1) is 24.7. The Labute approximate surface area is 293 Å². The summed E-state index contributed by atoms with van der Waals surface area (Å²) in [5.41, 5.74) is 3.60. The van der Waals surface area contributed by atoms with Gasteiger partial charge in [-0.1, -0.05) is 78.9 Å². The van der Waals surface area contributed by atoms with Gasteiger partial charge in [0, 0.05) is 38.0 Å². The molecule has 0 spiro atoms. The van der Waals surface area contributed by atoms with Crippen LogP contribution in [0.25, 0.3) is 10.9 Å². The van der Waals surface area contributed by atoms with E-state index in [0.717, 1.165) is 27.6 Å². The number of amides is 4. The van der Waals surface area contributed by atoms with Crippen molar-refractivity contribution in [1.29, 1.82) is 0 Å². The molecule has 4 amide bonds. The number of para-hydroxylation sites is 2. The van der Waals surface area contributed by atoms with Gasteiger partial charge in [-0.25, -0.2) is 14.8 Å². The lowest BCUT2D eigenvalue weighted by Gasteiger charge is -2.54. The number of urea groups is 1. The number of nitro benzene ring substituents is 1. The topological polar surface area (TPSA) is 157 Å². The van der Waals surface area contributed by atoms with Gasteiger partial charge in [0.2, 0.25) is 11.8 Å². The van der Waals surface area contributed by atoms with Crippen molar-refractivity contribution in [3.63, 3.8) is 0 Å². The summed E-state index contributed by atoms with van der Waals surface area (Å²) in [5.74, 6) is -0.490. The molecule has 2 N–H and O–H groups in total. The quantitative estimate of drug-likeness (QED) is 0.175. The summed E-state index contributed by atoms with van der Waals surface area (Å²) in [6.07, 6.45) is 1.04. The summed E-state index contributed by atoms with van der Waals surface area (Å²) in [6.45, 7) is 0.482. The Kier molecular flexibility index (Phi) is 9.07. The number of nitro groups is 1. The molecule has 1 aromatic heterocycles. The number of benzene rings is 4. The van der Waals surface area contributed by atoms with E-state index in [1.54, 1.807) is 58.2 Å². The zero-order chi connectivity index (χ0) is 35.6. The molecule has 260 valence electrons. The number of piperazine rings is 1. The van der Waals surface area contributed by atoms with Gasteiger partial charge < -0.3 is 20.2 Å². The summed E-state index contributed by atoms with van der Waals surface area (Å²) >= 11 is 0. The number of nitrogens with one attached hydrogen (secondary N) is 1. The van der Waals surface area contributed by atoms with Crippen molar-refractivity contribution in [1.82, 2.24) is 34.9 Å². The maximum Gasteiger partial charge on any atom is 0.334 e. The first-order valence-corrected chi connectivity index (χ1v) is 16.5. The van der Waals surface area contributed by atoms with E-state index in [0.29, 0.717) is 5.56 Å². The van der Waals surface area contributed by atoms with Crippen molar-refractivity contribution in [2.24, 2.45) is 0 Å². The molecule has 2 atom stereocenters. The normalized spacial score (nSPS) is 17.9. The van der Waals surface area contributed by atoms with E-state index in [4.69, 9.17) is 0 Å². The van der Waals surface area contributed by atoms with Gasteiger partial charge in [0.25, 0.3) is 5.69 Å². The zero-order valence-electron chi connectivity index (χ0n) is 27.8. The van der Waals surface area contributed by atoms with Gasteiger partial charge >= 0.3 is 6.03 Å². The Morgan fingerprint density at radius 1 is 0.922 bits per heavy atom. The number of hydrazine groups is 1. The SMILES string of the molecule is CN1CC(=O)N2[C@@H](Cc3ccc(O)cc3)C(=O)N(Cc3cccc4cnn(Cc5ccccc5[N+](=O)[O-])c34)C[C@@H]2N1C(=O)NCc1ccccc1. The average Bonchev–Trinajstić information content (AvgIpc) is 3.54. The van der Waals surface area contributed by atoms with Crippen LogP contribution in [0.4, 0.5) is 10.5 Å². The number of hydrogen-bond donors (Lipinski definition) is 2. The van der Waals surface area contributed by atoms with Crippen LogP contribution in [0, 0.1) is 10.1 Å². The van der Waals surface area contributed by atoms with Gasteiger partial charge in [-0.05, 0) is 28.8 Å². The molecule has 0 unspecified atom stereocenters. The minimum absolute atomic E-state index is 0.0151. The number of aromatic nitrogens is 2. The van der Waals surface area contributed by atoms with Crippen molar-refractivity contribution < 1.29 is 24.4 Å². The number of likely N-dealkylation sites (N-methyl/N-ethyl adjacent to an activating group) is 1. The highest BCUT2D eigenvalue weighted by Crippen LogP contribution is 2.31. The first kappa shape index (κ1) is 33.2. The van der Waals surface area contributed by atoms with E-state index in [2.05, 4.69) is 10.4 Å². The van der Waals surface area contributed by atoms with E-state index >= 15 is 0 Å². The van der Waals surface area contributed by atoms with E-state index in [1.165, 1.54) is 28.1 Å².